The van der Waals surface area contributed by atoms with E-state index in [-0.39, 0.29) is 24.5 Å². The summed E-state index contributed by atoms with van der Waals surface area (Å²) in [5.41, 5.74) is 6.71. The topological polar surface area (TPSA) is 128 Å². The van der Waals surface area contributed by atoms with E-state index in [0.29, 0.717) is 56.6 Å². The molecule has 0 fully saturated rings. The number of hydrogen-bond donors (Lipinski definition) is 2. The Morgan fingerprint density at radius 2 is 1.26 bits per heavy atom. The molecule has 10 nitrogen and oxygen atoms in total. The number of carbonyl (C=O) groups excluding carboxylic acids is 1. The standard InChI is InChI=1S/C32H28N6O4/c1-19(2)32(41)42-13-12-21-16-23(31(40)29(17-21)38-35-26-10-6-7-11-27(26)36-38)18-22-14-20(3)15-28(30(22)39)37-33-24-8-4-5-9-25(24)34-37/h4-11,14-17,39-40H,1,12-13,18H2,2-3H3. The molecule has 0 saturated carbocycles. The lowest BCUT2D eigenvalue weighted by Crippen LogP contribution is -2.09. The van der Waals surface area contributed by atoms with E-state index in [0.717, 1.165) is 11.1 Å². The van der Waals surface area contributed by atoms with Crippen molar-refractivity contribution in [2.45, 2.75) is 26.7 Å². The summed E-state index contributed by atoms with van der Waals surface area (Å²) in [5.74, 6) is -0.486. The number of fused-ring (bicyclic) bond motifs is 2. The van der Waals surface area contributed by atoms with Gasteiger partial charge in [0.1, 0.15) is 44.9 Å². The zero-order chi connectivity index (χ0) is 29.4. The van der Waals surface area contributed by atoms with Crippen LogP contribution in [0, 0.1) is 6.92 Å². The first-order chi connectivity index (χ1) is 20.3. The van der Waals surface area contributed by atoms with Crippen LogP contribution in [-0.4, -0.2) is 52.8 Å². The zero-order valence-electron chi connectivity index (χ0n) is 23.2. The Balaban J connectivity index is 1.41. The first-order valence-corrected chi connectivity index (χ1v) is 13.4. The van der Waals surface area contributed by atoms with Crippen molar-refractivity contribution < 1.29 is 19.7 Å². The van der Waals surface area contributed by atoms with Gasteiger partial charge in [0.2, 0.25) is 0 Å². The molecule has 2 heterocycles. The first-order valence-electron chi connectivity index (χ1n) is 13.4. The van der Waals surface area contributed by atoms with E-state index in [9.17, 15) is 15.0 Å². The third-order valence-corrected chi connectivity index (χ3v) is 6.90. The summed E-state index contributed by atoms with van der Waals surface area (Å²) in [6.45, 7) is 7.27. The van der Waals surface area contributed by atoms with Crippen LogP contribution in [0.25, 0.3) is 33.4 Å². The number of aryl methyl sites for hydroxylation is 1. The van der Waals surface area contributed by atoms with Gasteiger partial charge in [-0.05, 0) is 61.4 Å². The molecule has 0 aliphatic heterocycles. The molecule has 0 atom stereocenters. The molecule has 2 N–H and O–H groups in total. The number of hydrogen-bond acceptors (Lipinski definition) is 8. The number of phenolic OH excluding ortho intramolecular Hbond substituents is 2. The van der Waals surface area contributed by atoms with Crippen molar-refractivity contribution in [1.29, 1.82) is 0 Å². The minimum Gasteiger partial charge on any atom is -0.505 e. The minimum atomic E-state index is -0.466. The number of ether oxygens (including phenoxy) is 1. The molecule has 0 unspecified atom stereocenters. The summed E-state index contributed by atoms with van der Waals surface area (Å²) >= 11 is 0. The molecule has 210 valence electrons. The second-order valence-corrected chi connectivity index (χ2v) is 10.2. The van der Waals surface area contributed by atoms with Crippen molar-refractivity contribution >= 4 is 28.0 Å². The molecule has 0 aliphatic carbocycles. The minimum absolute atomic E-state index is 0.00519. The van der Waals surface area contributed by atoms with Crippen molar-refractivity contribution in [2.75, 3.05) is 6.61 Å². The van der Waals surface area contributed by atoms with Crippen LogP contribution in [0.15, 0.2) is 84.9 Å². The molecule has 42 heavy (non-hydrogen) atoms. The maximum atomic E-state index is 11.9. The van der Waals surface area contributed by atoms with Crippen molar-refractivity contribution in [1.82, 2.24) is 30.0 Å². The van der Waals surface area contributed by atoms with Crippen LogP contribution < -0.4 is 0 Å². The average Bonchev–Trinajstić information content (AvgIpc) is 3.60. The van der Waals surface area contributed by atoms with Gasteiger partial charge in [0.15, 0.2) is 0 Å². The number of aromatic nitrogens is 6. The first kappa shape index (κ1) is 26.7. The number of esters is 1. The number of rotatable bonds is 8. The molecule has 2 aromatic heterocycles. The third kappa shape index (κ3) is 5.17. The van der Waals surface area contributed by atoms with Gasteiger partial charge in [-0.3, -0.25) is 0 Å². The van der Waals surface area contributed by atoms with Crippen LogP contribution in [0.1, 0.15) is 29.2 Å². The maximum absolute atomic E-state index is 11.9. The monoisotopic (exact) mass is 560 g/mol. The smallest absolute Gasteiger partial charge is 0.333 e. The summed E-state index contributed by atoms with van der Waals surface area (Å²) in [7, 11) is 0. The van der Waals surface area contributed by atoms with Crippen LogP contribution in [0.4, 0.5) is 0 Å². The van der Waals surface area contributed by atoms with Gasteiger partial charge in [-0.1, -0.05) is 43.0 Å². The largest absolute Gasteiger partial charge is 0.505 e. The number of benzene rings is 4. The summed E-state index contributed by atoms with van der Waals surface area (Å²) < 4.78 is 5.32. The van der Waals surface area contributed by atoms with Crippen molar-refractivity contribution in [3.8, 4) is 22.9 Å². The highest BCUT2D eigenvalue weighted by Gasteiger charge is 2.19. The fourth-order valence-electron chi connectivity index (χ4n) is 4.82. The normalized spacial score (nSPS) is 11.3. The van der Waals surface area contributed by atoms with Gasteiger partial charge in [0, 0.05) is 29.5 Å². The molecule has 0 bridgehead atoms. The molecule has 0 spiro atoms. The van der Waals surface area contributed by atoms with Gasteiger partial charge in [-0.2, -0.15) is 0 Å². The van der Waals surface area contributed by atoms with Gasteiger partial charge in [-0.15, -0.1) is 30.0 Å². The highest BCUT2D eigenvalue weighted by molar-refractivity contribution is 5.86. The number of nitrogens with zero attached hydrogens (tertiary/aromatic N) is 6. The van der Waals surface area contributed by atoms with E-state index >= 15 is 0 Å². The Hall–Kier alpha value is -5.51. The molecule has 0 amide bonds. The second kappa shape index (κ2) is 10.8. The Morgan fingerprint density at radius 3 is 1.76 bits per heavy atom. The molecule has 6 rings (SSSR count). The molecule has 6 aromatic rings. The SMILES string of the molecule is C=C(C)C(=O)OCCc1cc(Cc2cc(C)cc(-n3nc4ccccc4n3)c2O)c(O)c(-n2nc3ccccc3n2)c1. The quantitative estimate of drug-likeness (QED) is 0.194. The van der Waals surface area contributed by atoms with Gasteiger partial charge in [-0.25, -0.2) is 4.79 Å². The second-order valence-electron chi connectivity index (χ2n) is 10.2. The van der Waals surface area contributed by atoms with Crippen molar-refractivity contribution in [2.24, 2.45) is 0 Å². The van der Waals surface area contributed by atoms with E-state index in [2.05, 4.69) is 27.0 Å². The van der Waals surface area contributed by atoms with E-state index < -0.39 is 5.97 Å². The Morgan fingerprint density at radius 1 is 0.786 bits per heavy atom. The highest BCUT2D eigenvalue weighted by Crippen LogP contribution is 2.35. The fourth-order valence-corrected chi connectivity index (χ4v) is 4.82. The predicted octanol–water partition coefficient (Wildman–Crippen LogP) is 5.13. The molecular formula is C32H28N6O4. The molecule has 4 aromatic carbocycles. The van der Waals surface area contributed by atoms with Gasteiger partial charge in [0.05, 0.1) is 6.61 Å². The lowest BCUT2D eigenvalue weighted by molar-refractivity contribution is -0.138. The van der Waals surface area contributed by atoms with Crippen LogP contribution in [0.5, 0.6) is 11.5 Å². The van der Waals surface area contributed by atoms with Crippen LogP contribution in [0.3, 0.4) is 0 Å². The average molecular weight is 561 g/mol. The lowest BCUT2D eigenvalue weighted by atomic mass is 9.97. The summed E-state index contributed by atoms with van der Waals surface area (Å²) in [5, 5.41) is 41.0. The predicted molar refractivity (Wildman–Crippen MR) is 158 cm³/mol. The Bertz CT molecular complexity index is 1920. The van der Waals surface area contributed by atoms with Crippen LogP contribution >= 0.6 is 0 Å². The van der Waals surface area contributed by atoms with E-state index in [4.69, 9.17) is 4.74 Å². The molecule has 0 aliphatic rings. The zero-order valence-corrected chi connectivity index (χ0v) is 23.2. The molecule has 0 radical (unpaired) electrons. The third-order valence-electron chi connectivity index (χ3n) is 6.90. The van der Waals surface area contributed by atoms with Crippen LogP contribution in [-0.2, 0) is 22.4 Å². The Labute approximate surface area is 241 Å². The summed E-state index contributed by atoms with van der Waals surface area (Å²) in [6, 6.07) is 22.2. The summed E-state index contributed by atoms with van der Waals surface area (Å²) in [4.78, 5) is 14.8. The number of aromatic hydroxyl groups is 2. The van der Waals surface area contributed by atoms with Gasteiger partial charge >= 0.3 is 5.97 Å². The van der Waals surface area contributed by atoms with E-state index in [1.54, 1.807) is 13.0 Å². The lowest BCUT2D eigenvalue weighted by Gasteiger charge is -2.15. The van der Waals surface area contributed by atoms with Crippen molar-refractivity contribution in [3.63, 3.8) is 0 Å². The van der Waals surface area contributed by atoms with Gasteiger partial charge in [0.25, 0.3) is 0 Å². The number of phenols is 2. The van der Waals surface area contributed by atoms with Gasteiger partial charge < -0.3 is 14.9 Å². The molecular weight excluding hydrogens is 532 g/mol. The maximum Gasteiger partial charge on any atom is 0.333 e. The molecule has 0 saturated heterocycles. The van der Waals surface area contributed by atoms with E-state index in [1.807, 2.05) is 73.7 Å². The molecule has 10 heteroatoms. The van der Waals surface area contributed by atoms with E-state index in [1.165, 1.54) is 9.59 Å². The fraction of sp³-hybridized carbons (Fsp3) is 0.156. The van der Waals surface area contributed by atoms with Crippen LogP contribution in [0.2, 0.25) is 0 Å². The number of carbonyl (C=O) groups is 1. The Kier molecular flexibility index (Phi) is 6.87. The highest BCUT2D eigenvalue weighted by atomic mass is 16.5. The van der Waals surface area contributed by atoms with Crippen molar-refractivity contribution in [3.05, 3.63) is 107 Å². The summed E-state index contributed by atoms with van der Waals surface area (Å²) in [6.07, 6.45) is 0.579.